The fourth-order valence-corrected chi connectivity index (χ4v) is 2.72. The Hall–Kier alpha value is -2.29. The first kappa shape index (κ1) is 16.6. The number of para-hydroxylation sites is 2. The summed E-state index contributed by atoms with van der Waals surface area (Å²) in [6.07, 6.45) is -5.28. The van der Waals surface area contributed by atoms with Crippen LogP contribution >= 0.6 is 0 Å². The number of benzene rings is 1. The molecule has 130 valence electrons. The lowest BCUT2D eigenvalue weighted by molar-refractivity contribution is -0.253. The van der Waals surface area contributed by atoms with E-state index in [2.05, 4.69) is 15.3 Å². The molecule has 1 aromatic carbocycles. The summed E-state index contributed by atoms with van der Waals surface area (Å²) in [4.78, 5) is 20.5. The fourth-order valence-electron chi connectivity index (χ4n) is 2.72. The average molecular weight is 342 g/mol. The Labute approximate surface area is 135 Å². The molecular formula is C15H17F3N4O2. The standard InChI is InChI=1S/C15H17F3N4O2/c1-9(12-20-10-4-2-3-5-11(10)21-12)19-13(23)22-7-6-14(24,8-22)15(16,17)18/h2-5,9,24H,6-8H2,1H3,(H,19,23)(H,20,21)/t9-,14?/m0/s1. The number of urea groups is 1. The van der Waals surface area contributed by atoms with E-state index in [1.165, 1.54) is 0 Å². The summed E-state index contributed by atoms with van der Waals surface area (Å²) in [6, 6.07) is 6.15. The Morgan fingerprint density at radius 3 is 2.79 bits per heavy atom. The molecule has 1 aromatic heterocycles. The molecule has 2 atom stereocenters. The second-order valence-electron chi connectivity index (χ2n) is 6.01. The number of amides is 2. The van der Waals surface area contributed by atoms with Crippen LogP contribution in [0.2, 0.25) is 0 Å². The number of hydrogen-bond acceptors (Lipinski definition) is 3. The Bertz CT molecular complexity index is 728. The summed E-state index contributed by atoms with van der Waals surface area (Å²) in [5, 5.41) is 12.2. The third-order valence-electron chi connectivity index (χ3n) is 4.22. The van der Waals surface area contributed by atoms with E-state index in [1.807, 2.05) is 24.3 Å². The van der Waals surface area contributed by atoms with Gasteiger partial charge in [-0.15, -0.1) is 0 Å². The SMILES string of the molecule is C[C@H](NC(=O)N1CCC(O)(C(F)(F)F)C1)c1nc2ccccc2[nH]1. The lowest BCUT2D eigenvalue weighted by Gasteiger charge is -2.26. The van der Waals surface area contributed by atoms with Crippen LogP contribution in [0.3, 0.4) is 0 Å². The number of carbonyl (C=O) groups excluding carboxylic acids is 1. The number of alkyl halides is 3. The lowest BCUT2D eigenvalue weighted by atomic mass is 10.0. The lowest BCUT2D eigenvalue weighted by Crippen LogP contribution is -2.49. The van der Waals surface area contributed by atoms with Gasteiger partial charge in [0.1, 0.15) is 5.82 Å². The van der Waals surface area contributed by atoms with Crippen molar-refractivity contribution in [1.82, 2.24) is 20.2 Å². The van der Waals surface area contributed by atoms with Gasteiger partial charge in [-0.3, -0.25) is 0 Å². The van der Waals surface area contributed by atoms with Crippen LogP contribution in [0.25, 0.3) is 11.0 Å². The number of nitrogens with zero attached hydrogens (tertiary/aromatic N) is 2. The van der Waals surface area contributed by atoms with E-state index in [1.54, 1.807) is 6.92 Å². The monoisotopic (exact) mass is 342 g/mol. The first-order chi connectivity index (χ1) is 11.2. The molecule has 1 aliphatic heterocycles. The third kappa shape index (κ3) is 2.91. The van der Waals surface area contributed by atoms with E-state index in [9.17, 15) is 23.1 Å². The molecule has 0 radical (unpaired) electrons. The van der Waals surface area contributed by atoms with E-state index in [4.69, 9.17) is 0 Å². The third-order valence-corrected chi connectivity index (χ3v) is 4.22. The van der Waals surface area contributed by atoms with Crippen LogP contribution < -0.4 is 5.32 Å². The van der Waals surface area contributed by atoms with Crippen LogP contribution in [0.15, 0.2) is 24.3 Å². The summed E-state index contributed by atoms with van der Waals surface area (Å²) in [6.45, 7) is 0.755. The number of hydrogen-bond donors (Lipinski definition) is 3. The largest absolute Gasteiger partial charge is 0.419 e. The maximum Gasteiger partial charge on any atom is 0.419 e. The summed E-state index contributed by atoms with van der Waals surface area (Å²) in [5.41, 5.74) is -1.30. The molecule has 3 rings (SSSR count). The highest BCUT2D eigenvalue weighted by Gasteiger charge is 2.57. The first-order valence-electron chi connectivity index (χ1n) is 7.49. The number of aromatic amines is 1. The van der Waals surface area contributed by atoms with Crippen molar-refractivity contribution >= 4 is 17.1 Å². The van der Waals surface area contributed by atoms with Crippen LogP contribution in [0.1, 0.15) is 25.2 Å². The van der Waals surface area contributed by atoms with Crippen molar-refractivity contribution in [3.63, 3.8) is 0 Å². The molecule has 2 heterocycles. The zero-order valence-electron chi connectivity index (χ0n) is 12.9. The van der Waals surface area contributed by atoms with Gasteiger partial charge in [-0.25, -0.2) is 9.78 Å². The second-order valence-corrected chi connectivity index (χ2v) is 6.01. The van der Waals surface area contributed by atoms with Crippen molar-refractivity contribution in [3.05, 3.63) is 30.1 Å². The van der Waals surface area contributed by atoms with Crippen LogP contribution in [0.4, 0.5) is 18.0 Å². The molecule has 0 saturated carbocycles. The number of aliphatic hydroxyl groups is 1. The van der Waals surface area contributed by atoms with Crippen molar-refractivity contribution in [2.75, 3.05) is 13.1 Å². The summed E-state index contributed by atoms with van der Waals surface area (Å²) < 4.78 is 38.4. The molecule has 1 aliphatic rings. The predicted molar refractivity (Wildman–Crippen MR) is 80.2 cm³/mol. The molecule has 6 nitrogen and oxygen atoms in total. The number of nitrogens with one attached hydrogen (secondary N) is 2. The smallest absolute Gasteiger partial charge is 0.379 e. The summed E-state index contributed by atoms with van der Waals surface area (Å²) in [7, 11) is 0. The quantitative estimate of drug-likeness (QED) is 0.783. The van der Waals surface area contributed by atoms with Crippen LogP contribution in [0.5, 0.6) is 0 Å². The predicted octanol–water partition coefficient (Wildman–Crippen LogP) is 2.33. The fraction of sp³-hybridized carbons (Fsp3) is 0.467. The Kier molecular flexibility index (Phi) is 3.90. The Balaban J connectivity index is 1.67. The molecule has 1 saturated heterocycles. The maximum atomic E-state index is 12.8. The zero-order chi connectivity index (χ0) is 17.5. The number of carbonyl (C=O) groups is 1. The van der Waals surface area contributed by atoms with Gasteiger partial charge >= 0.3 is 12.2 Å². The summed E-state index contributed by atoms with van der Waals surface area (Å²) >= 11 is 0. The van der Waals surface area contributed by atoms with Gasteiger partial charge in [0.25, 0.3) is 0 Å². The molecule has 24 heavy (non-hydrogen) atoms. The summed E-state index contributed by atoms with van der Waals surface area (Å²) in [5.74, 6) is 0.509. The number of H-pyrrole nitrogens is 1. The molecule has 2 aromatic rings. The van der Waals surface area contributed by atoms with E-state index in [0.29, 0.717) is 5.82 Å². The molecule has 9 heteroatoms. The van der Waals surface area contributed by atoms with Gasteiger partial charge in [0.2, 0.25) is 0 Å². The highest BCUT2D eigenvalue weighted by Crippen LogP contribution is 2.37. The molecule has 1 fully saturated rings. The molecule has 0 bridgehead atoms. The minimum Gasteiger partial charge on any atom is -0.379 e. The van der Waals surface area contributed by atoms with E-state index in [-0.39, 0.29) is 6.54 Å². The van der Waals surface area contributed by atoms with Gasteiger partial charge in [0, 0.05) is 13.0 Å². The van der Waals surface area contributed by atoms with Gasteiger partial charge in [-0.05, 0) is 19.1 Å². The van der Waals surface area contributed by atoms with Gasteiger partial charge in [-0.1, -0.05) is 12.1 Å². The topological polar surface area (TPSA) is 81.2 Å². The number of β-amino-alcohol motifs (C(OH)–C–C–N with tert-alkyl or cyclic N) is 1. The molecule has 0 aliphatic carbocycles. The van der Waals surface area contributed by atoms with Crippen molar-refractivity contribution in [3.8, 4) is 0 Å². The Morgan fingerprint density at radius 1 is 1.46 bits per heavy atom. The highest BCUT2D eigenvalue weighted by atomic mass is 19.4. The van der Waals surface area contributed by atoms with Gasteiger partial charge in [0.05, 0.1) is 23.6 Å². The number of fused-ring (bicyclic) bond motifs is 1. The van der Waals surface area contributed by atoms with Crippen LogP contribution in [-0.4, -0.2) is 50.9 Å². The van der Waals surface area contributed by atoms with Gasteiger partial charge < -0.3 is 20.3 Å². The Morgan fingerprint density at radius 2 is 2.17 bits per heavy atom. The molecule has 3 N–H and O–H groups in total. The van der Waals surface area contributed by atoms with Crippen molar-refractivity contribution in [1.29, 1.82) is 0 Å². The molecule has 2 amide bonds. The van der Waals surface area contributed by atoms with Crippen LogP contribution in [-0.2, 0) is 0 Å². The number of aromatic nitrogens is 2. The van der Waals surface area contributed by atoms with Crippen molar-refractivity contribution < 1.29 is 23.1 Å². The van der Waals surface area contributed by atoms with Crippen LogP contribution in [0, 0.1) is 0 Å². The first-order valence-corrected chi connectivity index (χ1v) is 7.49. The number of likely N-dealkylation sites (tertiary alicyclic amines) is 1. The van der Waals surface area contributed by atoms with Gasteiger partial charge in [-0.2, -0.15) is 13.2 Å². The normalized spacial score (nSPS) is 22.8. The zero-order valence-corrected chi connectivity index (χ0v) is 12.9. The van der Waals surface area contributed by atoms with E-state index < -0.39 is 36.8 Å². The van der Waals surface area contributed by atoms with Crippen molar-refractivity contribution in [2.45, 2.75) is 31.2 Å². The highest BCUT2D eigenvalue weighted by molar-refractivity contribution is 5.76. The minimum atomic E-state index is -4.76. The van der Waals surface area contributed by atoms with Gasteiger partial charge in [0.15, 0.2) is 5.60 Å². The number of rotatable bonds is 2. The van der Waals surface area contributed by atoms with E-state index in [0.717, 1.165) is 15.9 Å². The molecule has 0 spiro atoms. The minimum absolute atomic E-state index is 0.158. The van der Waals surface area contributed by atoms with E-state index >= 15 is 0 Å². The average Bonchev–Trinajstić information content (AvgIpc) is 3.10. The number of halogens is 3. The second kappa shape index (κ2) is 5.66. The van der Waals surface area contributed by atoms with Crippen molar-refractivity contribution in [2.24, 2.45) is 0 Å². The molecule has 1 unspecified atom stereocenters. The number of imidazole rings is 1. The maximum absolute atomic E-state index is 12.8. The molecular weight excluding hydrogens is 325 g/mol.